The molecule has 1 aliphatic heterocycles. The molecule has 1 saturated heterocycles. The van der Waals surface area contributed by atoms with Gasteiger partial charge in [0.05, 0.1) is 11.4 Å². The second kappa shape index (κ2) is 9.87. The molecule has 1 amide bonds. The first kappa shape index (κ1) is 21.0. The monoisotopic (exact) mass is 351 g/mol. The first-order valence-corrected chi connectivity index (χ1v) is 7.14. The average molecular weight is 352 g/mol. The number of hydrogen-bond acceptors (Lipinski definition) is 3. The van der Waals surface area contributed by atoms with Crippen molar-refractivity contribution in [3.63, 3.8) is 0 Å². The van der Waals surface area contributed by atoms with Crippen molar-refractivity contribution in [3.8, 4) is 0 Å². The van der Waals surface area contributed by atoms with E-state index in [1.165, 1.54) is 12.1 Å². The zero-order valence-corrected chi connectivity index (χ0v) is 14.5. The van der Waals surface area contributed by atoms with E-state index >= 15 is 0 Å². The van der Waals surface area contributed by atoms with E-state index in [1.54, 1.807) is 6.07 Å². The van der Waals surface area contributed by atoms with Crippen LogP contribution in [0.4, 0.5) is 15.8 Å². The van der Waals surface area contributed by atoms with Crippen LogP contribution in [0.2, 0.25) is 0 Å². The number of piperidine rings is 1. The Hall–Kier alpha value is -1.04. The number of amides is 1. The van der Waals surface area contributed by atoms with Crippen LogP contribution in [0.5, 0.6) is 0 Å². The summed E-state index contributed by atoms with van der Waals surface area (Å²) in [7, 11) is 0. The molecule has 1 heterocycles. The van der Waals surface area contributed by atoms with E-state index in [-0.39, 0.29) is 48.5 Å². The van der Waals surface area contributed by atoms with Crippen molar-refractivity contribution in [1.82, 2.24) is 5.32 Å². The van der Waals surface area contributed by atoms with Crippen LogP contribution in [0.1, 0.15) is 26.7 Å². The van der Waals surface area contributed by atoms with E-state index in [0.29, 0.717) is 11.4 Å². The molecule has 1 aromatic rings. The highest BCUT2D eigenvalue weighted by atomic mass is 35.5. The Morgan fingerprint density at radius 2 is 1.86 bits per heavy atom. The van der Waals surface area contributed by atoms with Crippen LogP contribution < -0.4 is 16.0 Å². The lowest BCUT2D eigenvalue weighted by Gasteiger charge is -2.23. The summed E-state index contributed by atoms with van der Waals surface area (Å²) in [5, 5.41) is 9.31. The third-order valence-corrected chi connectivity index (χ3v) is 3.39. The molecule has 1 fully saturated rings. The highest BCUT2D eigenvalue weighted by molar-refractivity contribution is 5.95. The van der Waals surface area contributed by atoms with Gasteiger partial charge in [-0.2, -0.15) is 0 Å². The Bertz CT molecular complexity index is 480. The number of nitrogens with one attached hydrogen (secondary N) is 3. The zero-order chi connectivity index (χ0) is 14.5. The predicted molar refractivity (Wildman–Crippen MR) is 93.9 cm³/mol. The fourth-order valence-electron chi connectivity index (χ4n) is 2.37. The third-order valence-electron chi connectivity index (χ3n) is 3.39. The largest absolute Gasteiger partial charge is 0.381 e. The molecule has 7 heteroatoms. The van der Waals surface area contributed by atoms with Gasteiger partial charge in [0.25, 0.3) is 0 Å². The summed E-state index contributed by atoms with van der Waals surface area (Å²) < 4.78 is 13.3. The van der Waals surface area contributed by atoms with Gasteiger partial charge in [0.2, 0.25) is 5.91 Å². The zero-order valence-electron chi connectivity index (χ0n) is 12.8. The van der Waals surface area contributed by atoms with E-state index in [9.17, 15) is 9.18 Å². The van der Waals surface area contributed by atoms with Crippen LogP contribution in [0.3, 0.4) is 0 Å². The number of carbonyl (C=O) groups excluding carboxylic acids is 1. The van der Waals surface area contributed by atoms with E-state index in [4.69, 9.17) is 0 Å². The molecule has 0 aromatic heterocycles. The van der Waals surface area contributed by atoms with Crippen LogP contribution in [0.25, 0.3) is 0 Å². The van der Waals surface area contributed by atoms with Gasteiger partial charge in [-0.25, -0.2) is 4.39 Å². The van der Waals surface area contributed by atoms with Crippen LogP contribution in [0, 0.1) is 11.7 Å². The number of carbonyl (C=O) groups is 1. The summed E-state index contributed by atoms with van der Waals surface area (Å²) in [6, 6.07) is 4.56. The van der Waals surface area contributed by atoms with Gasteiger partial charge < -0.3 is 16.0 Å². The maximum atomic E-state index is 13.3. The number of hydrogen-bond donors (Lipinski definition) is 3. The van der Waals surface area contributed by atoms with Gasteiger partial charge in [0, 0.05) is 12.0 Å². The lowest BCUT2D eigenvalue weighted by Crippen LogP contribution is -2.34. The summed E-state index contributed by atoms with van der Waals surface area (Å²) in [6.45, 7) is 5.70. The third kappa shape index (κ3) is 5.99. The molecule has 0 atom stereocenters. The van der Waals surface area contributed by atoms with E-state index in [0.717, 1.165) is 25.9 Å². The van der Waals surface area contributed by atoms with E-state index in [1.807, 2.05) is 13.8 Å². The molecular weight excluding hydrogens is 328 g/mol. The average Bonchev–Trinajstić information content (AvgIpc) is 2.42. The Morgan fingerprint density at radius 1 is 1.23 bits per heavy atom. The second-order valence-corrected chi connectivity index (χ2v) is 5.50. The van der Waals surface area contributed by atoms with Crippen LogP contribution >= 0.6 is 24.8 Å². The molecule has 3 N–H and O–H groups in total. The van der Waals surface area contributed by atoms with Gasteiger partial charge in [-0.15, -0.1) is 24.8 Å². The second-order valence-electron chi connectivity index (χ2n) is 5.50. The topological polar surface area (TPSA) is 53.2 Å². The SMILES string of the molecule is CC(C)Nc1cc(F)ccc1NC(=O)C1CCNCC1.Cl.Cl. The van der Waals surface area contributed by atoms with Crippen molar-refractivity contribution < 1.29 is 9.18 Å². The maximum Gasteiger partial charge on any atom is 0.227 e. The molecule has 0 radical (unpaired) electrons. The van der Waals surface area contributed by atoms with Crippen molar-refractivity contribution >= 4 is 42.1 Å². The summed E-state index contributed by atoms with van der Waals surface area (Å²) >= 11 is 0. The van der Waals surface area contributed by atoms with E-state index in [2.05, 4.69) is 16.0 Å². The van der Waals surface area contributed by atoms with Crippen LogP contribution in [-0.2, 0) is 4.79 Å². The first-order chi connectivity index (χ1) is 9.56. The molecule has 0 bridgehead atoms. The molecule has 0 unspecified atom stereocenters. The van der Waals surface area contributed by atoms with Gasteiger partial charge in [0.15, 0.2) is 0 Å². The van der Waals surface area contributed by atoms with Gasteiger partial charge >= 0.3 is 0 Å². The van der Waals surface area contributed by atoms with Crippen LogP contribution in [0.15, 0.2) is 18.2 Å². The summed E-state index contributed by atoms with van der Waals surface area (Å²) in [6.07, 6.45) is 1.69. The summed E-state index contributed by atoms with van der Waals surface area (Å²) in [5.74, 6) is -0.258. The minimum absolute atomic E-state index is 0. The van der Waals surface area contributed by atoms with Gasteiger partial charge in [-0.05, 0) is 58.0 Å². The Labute approximate surface area is 143 Å². The molecule has 0 spiro atoms. The van der Waals surface area contributed by atoms with Gasteiger partial charge in [0.1, 0.15) is 5.82 Å². The molecule has 1 aromatic carbocycles. The normalized spacial score (nSPS) is 14.7. The van der Waals surface area contributed by atoms with Crippen molar-refractivity contribution in [2.45, 2.75) is 32.7 Å². The number of anilines is 2. The smallest absolute Gasteiger partial charge is 0.227 e. The molecule has 4 nitrogen and oxygen atoms in total. The molecule has 0 aliphatic carbocycles. The highest BCUT2D eigenvalue weighted by Crippen LogP contribution is 2.25. The highest BCUT2D eigenvalue weighted by Gasteiger charge is 2.21. The van der Waals surface area contributed by atoms with Crippen molar-refractivity contribution in [2.24, 2.45) is 5.92 Å². The fourth-order valence-corrected chi connectivity index (χ4v) is 2.37. The molecule has 126 valence electrons. The molecule has 2 rings (SSSR count). The standard InChI is InChI=1S/C15H22FN3O.2ClH/c1-10(2)18-14-9-12(16)3-4-13(14)19-15(20)11-5-7-17-8-6-11;;/h3-4,9-11,17-18H,5-8H2,1-2H3,(H,19,20);2*1H. The molecule has 1 aliphatic rings. The van der Waals surface area contributed by atoms with Gasteiger partial charge in [-0.1, -0.05) is 0 Å². The fraction of sp³-hybridized carbons (Fsp3) is 0.533. The minimum Gasteiger partial charge on any atom is -0.381 e. The van der Waals surface area contributed by atoms with Crippen LogP contribution in [-0.4, -0.2) is 25.0 Å². The molecular formula is C15H24Cl2FN3O. The Kier molecular flexibility index (Phi) is 9.41. The van der Waals surface area contributed by atoms with Crippen molar-refractivity contribution in [2.75, 3.05) is 23.7 Å². The lowest BCUT2D eigenvalue weighted by molar-refractivity contribution is -0.120. The Morgan fingerprint density at radius 3 is 2.45 bits per heavy atom. The minimum atomic E-state index is -0.312. The summed E-state index contributed by atoms with van der Waals surface area (Å²) in [5.41, 5.74) is 1.27. The Balaban J connectivity index is 0.00000220. The predicted octanol–water partition coefficient (Wildman–Crippen LogP) is 3.43. The number of halogens is 3. The van der Waals surface area contributed by atoms with E-state index < -0.39 is 0 Å². The number of benzene rings is 1. The quantitative estimate of drug-likeness (QED) is 0.778. The van der Waals surface area contributed by atoms with Gasteiger partial charge in [-0.3, -0.25) is 4.79 Å². The van der Waals surface area contributed by atoms with Crippen molar-refractivity contribution in [1.29, 1.82) is 0 Å². The maximum absolute atomic E-state index is 13.3. The van der Waals surface area contributed by atoms with Crippen molar-refractivity contribution in [3.05, 3.63) is 24.0 Å². The summed E-state index contributed by atoms with van der Waals surface area (Å²) in [4.78, 5) is 12.2. The number of rotatable bonds is 4. The molecule has 22 heavy (non-hydrogen) atoms. The molecule has 0 saturated carbocycles. The first-order valence-electron chi connectivity index (χ1n) is 7.14. The lowest BCUT2D eigenvalue weighted by atomic mass is 9.97.